The second kappa shape index (κ2) is 8.33. The molecule has 3 aromatic carbocycles. The van der Waals surface area contributed by atoms with Crippen LogP contribution < -0.4 is 14.5 Å². The van der Waals surface area contributed by atoms with Crippen LogP contribution in [0.3, 0.4) is 0 Å². The first-order valence-electron chi connectivity index (χ1n) is 12.9. The van der Waals surface area contributed by atoms with E-state index < -0.39 is 5.60 Å². The Labute approximate surface area is 207 Å². The van der Waals surface area contributed by atoms with Crippen LogP contribution in [0.2, 0.25) is 0 Å². The molecule has 3 aromatic rings. The second-order valence-corrected chi connectivity index (χ2v) is 9.76. The lowest BCUT2D eigenvalue weighted by atomic mass is 9.76. The van der Waals surface area contributed by atoms with Gasteiger partial charge in [-0.2, -0.15) is 0 Å². The maximum absolute atomic E-state index is 13.2. The molecule has 0 N–H and O–H groups in total. The molecule has 0 saturated carbocycles. The van der Waals surface area contributed by atoms with Crippen LogP contribution in [-0.2, 0) is 10.3 Å². The Bertz CT molecular complexity index is 1310. The van der Waals surface area contributed by atoms with E-state index in [2.05, 4.69) is 60.9 Å². The van der Waals surface area contributed by atoms with E-state index in [-0.39, 0.29) is 5.97 Å². The Kier molecular flexibility index (Phi) is 5.24. The number of anilines is 2. The molecule has 3 heterocycles. The lowest BCUT2D eigenvalue weighted by molar-refractivity contribution is 0.0224. The second-order valence-electron chi connectivity index (χ2n) is 9.76. The summed E-state index contributed by atoms with van der Waals surface area (Å²) < 4.78 is 13.0. The monoisotopic (exact) mass is 468 g/mol. The van der Waals surface area contributed by atoms with Crippen LogP contribution >= 0.6 is 0 Å². The van der Waals surface area contributed by atoms with Crippen molar-refractivity contribution in [2.45, 2.75) is 45.6 Å². The van der Waals surface area contributed by atoms with Gasteiger partial charge in [-0.05, 0) is 75.9 Å². The van der Waals surface area contributed by atoms with Crippen molar-refractivity contribution >= 4 is 17.3 Å². The zero-order chi connectivity index (χ0) is 24.2. The lowest BCUT2D eigenvalue weighted by Crippen LogP contribution is -2.35. The summed E-state index contributed by atoms with van der Waals surface area (Å²) in [4.78, 5) is 18.0. The van der Waals surface area contributed by atoms with Crippen LogP contribution in [0.25, 0.3) is 0 Å². The molecule has 0 radical (unpaired) electrons. The average molecular weight is 469 g/mol. The molecule has 1 atom stereocenters. The van der Waals surface area contributed by atoms with Crippen molar-refractivity contribution in [1.82, 2.24) is 0 Å². The van der Waals surface area contributed by atoms with Gasteiger partial charge in [0.2, 0.25) is 0 Å². The molecular weight excluding hydrogens is 436 g/mol. The minimum absolute atomic E-state index is 0.284. The molecular formula is C30H32N2O3. The first kappa shape index (κ1) is 22.0. The van der Waals surface area contributed by atoms with E-state index in [1.54, 1.807) is 0 Å². The summed E-state index contributed by atoms with van der Waals surface area (Å²) in [6.45, 7) is 10.3. The normalized spacial score (nSPS) is 20.1. The van der Waals surface area contributed by atoms with Crippen molar-refractivity contribution in [3.05, 3.63) is 82.4 Å². The van der Waals surface area contributed by atoms with Crippen LogP contribution in [0.15, 0.2) is 54.6 Å². The van der Waals surface area contributed by atoms with E-state index in [9.17, 15) is 4.79 Å². The van der Waals surface area contributed by atoms with E-state index in [4.69, 9.17) is 9.47 Å². The summed E-state index contributed by atoms with van der Waals surface area (Å²) in [7, 11) is 0. The Morgan fingerprint density at radius 3 is 2.46 bits per heavy atom. The fourth-order valence-electron chi connectivity index (χ4n) is 6.03. The highest BCUT2D eigenvalue weighted by atomic mass is 16.6. The zero-order valence-electron chi connectivity index (χ0n) is 20.8. The van der Waals surface area contributed by atoms with Gasteiger partial charge >= 0.3 is 5.97 Å². The number of aryl methyl sites for hydroxylation is 1. The Balaban J connectivity index is 1.60. The predicted octanol–water partition coefficient (Wildman–Crippen LogP) is 6.40. The fraction of sp³-hybridized carbons (Fsp3) is 0.367. The fourth-order valence-corrected chi connectivity index (χ4v) is 6.03. The van der Waals surface area contributed by atoms with Gasteiger partial charge < -0.3 is 19.3 Å². The number of piperidine rings is 1. The highest BCUT2D eigenvalue weighted by Crippen LogP contribution is 2.58. The number of carbonyl (C=O) groups is 1. The number of fused-ring (bicyclic) bond motifs is 6. The lowest BCUT2D eigenvalue weighted by Gasteiger charge is -2.39. The minimum Gasteiger partial charge on any atom is -0.456 e. The Morgan fingerprint density at radius 2 is 1.69 bits per heavy atom. The number of nitrogens with zero attached hydrogens (tertiary/aromatic N) is 2. The van der Waals surface area contributed by atoms with Crippen molar-refractivity contribution in [3.8, 4) is 11.5 Å². The molecule has 1 unspecified atom stereocenters. The third-order valence-corrected chi connectivity index (χ3v) is 7.82. The molecule has 0 amide bonds. The first-order chi connectivity index (χ1) is 17.1. The van der Waals surface area contributed by atoms with Crippen LogP contribution in [0.1, 0.15) is 65.7 Å². The molecule has 0 bridgehead atoms. The Hall–Kier alpha value is -3.47. The third kappa shape index (κ3) is 3.24. The summed E-state index contributed by atoms with van der Waals surface area (Å²) in [6, 6.07) is 18.5. The van der Waals surface area contributed by atoms with Crippen molar-refractivity contribution in [2.24, 2.45) is 0 Å². The molecule has 0 aliphatic carbocycles. The topological polar surface area (TPSA) is 42.0 Å². The van der Waals surface area contributed by atoms with Gasteiger partial charge in [0.15, 0.2) is 5.60 Å². The molecule has 3 aliphatic rings. The molecule has 35 heavy (non-hydrogen) atoms. The standard InChI is InChI=1S/C30H32N2O3/c1-4-31(5-2)21-13-14-25-27(19-21)34-28-20(3)17-22(32-15-9-6-10-16-32)18-26(28)30(25)24-12-8-7-11-23(24)29(33)35-30/h7-8,11-14,17-19H,4-6,9-10,15-16H2,1-3H3. The van der Waals surface area contributed by atoms with E-state index in [1.165, 1.54) is 24.9 Å². The van der Waals surface area contributed by atoms with E-state index in [0.717, 1.165) is 65.6 Å². The van der Waals surface area contributed by atoms with E-state index in [0.29, 0.717) is 5.56 Å². The van der Waals surface area contributed by atoms with Gasteiger partial charge in [-0.25, -0.2) is 4.79 Å². The van der Waals surface area contributed by atoms with Gasteiger partial charge in [0.05, 0.1) is 5.56 Å². The summed E-state index contributed by atoms with van der Waals surface area (Å²) in [5.74, 6) is 1.26. The van der Waals surface area contributed by atoms with Gasteiger partial charge in [0.1, 0.15) is 11.5 Å². The molecule has 180 valence electrons. The van der Waals surface area contributed by atoms with Gasteiger partial charge in [-0.3, -0.25) is 0 Å². The van der Waals surface area contributed by atoms with Crippen LogP contribution in [0.4, 0.5) is 11.4 Å². The number of benzene rings is 3. The van der Waals surface area contributed by atoms with Crippen molar-refractivity contribution in [2.75, 3.05) is 36.0 Å². The van der Waals surface area contributed by atoms with Gasteiger partial charge in [-0.15, -0.1) is 0 Å². The molecule has 1 spiro atoms. The minimum atomic E-state index is -1.02. The number of carbonyl (C=O) groups excluding carboxylic acids is 1. The number of esters is 1. The molecule has 5 heteroatoms. The summed E-state index contributed by atoms with van der Waals surface area (Å²) in [5.41, 5.74) is 5.63. The average Bonchev–Trinajstić information content (AvgIpc) is 3.19. The molecule has 6 rings (SSSR count). The SMILES string of the molecule is CCN(CC)c1ccc2c(c1)Oc1c(C)cc(N3CCCCC3)cc1C21OC(=O)c2ccccc21. The van der Waals surface area contributed by atoms with Crippen molar-refractivity contribution in [3.63, 3.8) is 0 Å². The molecule has 1 saturated heterocycles. The van der Waals surface area contributed by atoms with E-state index >= 15 is 0 Å². The zero-order valence-corrected chi connectivity index (χ0v) is 20.8. The van der Waals surface area contributed by atoms with Gasteiger partial charge in [0.25, 0.3) is 0 Å². The largest absolute Gasteiger partial charge is 0.456 e. The van der Waals surface area contributed by atoms with Crippen LogP contribution in [-0.4, -0.2) is 32.1 Å². The smallest absolute Gasteiger partial charge is 0.340 e. The molecule has 5 nitrogen and oxygen atoms in total. The number of ether oxygens (including phenoxy) is 2. The maximum Gasteiger partial charge on any atom is 0.340 e. The molecule has 1 fully saturated rings. The van der Waals surface area contributed by atoms with Crippen LogP contribution in [0.5, 0.6) is 11.5 Å². The van der Waals surface area contributed by atoms with Gasteiger partial charge in [-0.1, -0.05) is 18.2 Å². The predicted molar refractivity (Wildman–Crippen MR) is 139 cm³/mol. The van der Waals surface area contributed by atoms with Gasteiger partial charge in [0, 0.05) is 60.3 Å². The number of hydrogen-bond acceptors (Lipinski definition) is 5. The molecule has 0 aromatic heterocycles. The molecule has 3 aliphatic heterocycles. The number of rotatable bonds is 4. The maximum atomic E-state index is 13.2. The van der Waals surface area contributed by atoms with E-state index in [1.807, 2.05) is 24.3 Å². The highest BCUT2D eigenvalue weighted by molar-refractivity contribution is 5.97. The summed E-state index contributed by atoms with van der Waals surface area (Å²) in [6.07, 6.45) is 3.68. The van der Waals surface area contributed by atoms with Crippen molar-refractivity contribution < 1.29 is 14.3 Å². The van der Waals surface area contributed by atoms with Crippen LogP contribution in [0, 0.1) is 6.92 Å². The summed E-state index contributed by atoms with van der Waals surface area (Å²) in [5, 5.41) is 0. The third-order valence-electron chi connectivity index (χ3n) is 7.82. The summed E-state index contributed by atoms with van der Waals surface area (Å²) >= 11 is 0. The van der Waals surface area contributed by atoms with Crippen molar-refractivity contribution in [1.29, 1.82) is 0 Å². The Morgan fingerprint density at radius 1 is 0.914 bits per heavy atom. The number of hydrogen-bond donors (Lipinski definition) is 0. The highest BCUT2D eigenvalue weighted by Gasteiger charge is 2.54. The first-order valence-corrected chi connectivity index (χ1v) is 12.9. The quantitative estimate of drug-likeness (QED) is 0.415.